The highest BCUT2D eigenvalue weighted by atomic mass is 15.2. The van der Waals surface area contributed by atoms with Crippen LogP contribution in [0.2, 0.25) is 0 Å². The number of amidine groups is 1. The Labute approximate surface area is 168 Å². The summed E-state index contributed by atoms with van der Waals surface area (Å²) in [7, 11) is 0. The van der Waals surface area contributed by atoms with Gasteiger partial charge in [-0.05, 0) is 55.2 Å². The summed E-state index contributed by atoms with van der Waals surface area (Å²) < 4.78 is 0. The van der Waals surface area contributed by atoms with Crippen molar-refractivity contribution in [2.24, 2.45) is 10.7 Å². The minimum absolute atomic E-state index is 0.924. The molecule has 146 valence electrons. The molecule has 1 aromatic rings. The van der Waals surface area contributed by atoms with Crippen molar-refractivity contribution in [2.75, 3.05) is 32.7 Å². The van der Waals surface area contributed by atoms with Crippen LogP contribution in [0.5, 0.6) is 0 Å². The normalized spacial score (nSPS) is 20.2. The Kier molecular flexibility index (Phi) is 5.38. The van der Waals surface area contributed by atoms with Crippen LogP contribution in [-0.4, -0.2) is 48.4 Å². The van der Waals surface area contributed by atoms with E-state index >= 15 is 0 Å². The Bertz CT molecular complexity index is 878. The van der Waals surface area contributed by atoms with Crippen LogP contribution >= 0.6 is 0 Å². The van der Waals surface area contributed by atoms with Gasteiger partial charge in [-0.2, -0.15) is 0 Å². The predicted molar refractivity (Wildman–Crippen MR) is 118 cm³/mol. The number of piperidine rings is 1. The molecule has 3 heterocycles. The maximum absolute atomic E-state index is 5.60. The average molecular weight is 375 g/mol. The molecular formula is C24H30N4. The third-order valence-electron chi connectivity index (χ3n) is 6.11. The molecule has 2 N–H and O–H groups in total. The van der Waals surface area contributed by atoms with E-state index in [1.165, 1.54) is 22.5 Å². The highest BCUT2D eigenvalue weighted by Crippen LogP contribution is 2.35. The lowest BCUT2D eigenvalue weighted by atomic mass is 9.89. The standard InChI is InChI=1S/C24H30N4/c1-3-19(8-12-25)18(2)27-14-10-21(11-15-27)23-22-7-5-4-6-20(22)9-16-28-17-13-26-24(23)28/h3-8,12H,2,9-11,13-17,25H2,1H3/b12-8-,19-3+. The molecule has 3 aliphatic rings. The highest BCUT2D eigenvalue weighted by Gasteiger charge is 2.30. The van der Waals surface area contributed by atoms with E-state index in [0.717, 1.165) is 63.3 Å². The van der Waals surface area contributed by atoms with Crippen LogP contribution in [0.4, 0.5) is 0 Å². The number of nitrogens with zero attached hydrogens (tertiary/aromatic N) is 3. The van der Waals surface area contributed by atoms with Crippen molar-refractivity contribution in [3.63, 3.8) is 0 Å². The first kappa shape index (κ1) is 18.6. The molecule has 0 aliphatic carbocycles. The first-order chi connectivity index (χ1) is 13.7. The van der Waals surface area contributed by atoms with Gasteiger partial charge in [0.05, 0.1) is 6.54 Å². The first-order valence-electron chi connectivity index (χ1n) is 10.3. The summed E-state index contributed by atoms with van der Waals surface area (Å²) >= 11 is 0. The van der Waals surface area contributed by atoms with Crippen LogP contribution in [0.3, 0.4) is 0 Å². The van der Waals surface area contributed by atoms with Crippen LogP contribution < -0.4 is 5.73 Å². The van der Waals surface area contributed by atoms with Crippen LogP contribution in [0.25, 0.3) is 5.57 Å². The fourth-order valence-corrected chi connectivity index (χ4v) is 4.59. The molecule has 0 amide bonds. The molecule has 0 saturated carbocycles. The number of hydrogen-bond donors (Lipinski definition) is 1. The highest BCUT2D eigenvalue weighted by molar-refractivity contribution is 6.24. The molecule has 28 heavy (non-hydrogen) atoms. The van der Waals surface area contributed by atoms with Gasteiger partial charge < -0.3 is 15.5 Å². The van der Waals surface area contributed by atoms with E-state index in [0.29, 0.717) is 0 Å². The van der Waals surface area contributed by atoms with Gasteiger partial charge in [-0.15, -0.1) is 0 Å². The Morgan fingerprint density at radius 1 is 1.11 bits per heavy atom. The fraction of sp³-hybridized carbons (Fsp3) is 0.375. The van der Waals surface area contributed by atoms with E-state index in [9.17, 15) is 0 Å². The summed E-state index contributed by atoms with van der Waals surface area (Å²) in [5.74, 6) is 1.23. The van der Waals surface area contributed by atoms with Crippen LogP contribution in [0, 0.1) is 0 Å². The van der Waals surface area contributed by atoms with E-state index in [4.69, 9.17) is 10.7 Å². The molecule has 0 radical (unpaired) electrons. The average Bonchev–Trinajstić information content (AvgIpc) is 3.13. The lowest BCUT2D eigenvalue weighted by Gasteiger charge is -2.34. The molecule has 4 nitrogen and oxygen atoms in total. The summed E-state index contributed by atoms with van der Waals surface area (Å²) in [6.07, 6.45) is 8.81. The number of rotatable bonds is 3. The Morgan fingerprint density at radius 2 is 1.89 bits per heavy atom. The van der Waals surface area contributed by atoms with Gasteiger partial charge in [-0.25, -0.2) is 0 Å². The molecule has 0 aromatic heterocycles. The van der Waals surface area contributed by atoms with Gasteiger partial charge in [0.15, 0.2) is 0 Å². The van der Waals surface area contributed by atoms with Crippen molar-refractivity contribution < 1.29 is 0 Å². The molecule has 4 rings (SSSR count). The molecule has 0 atom stereocenters. The Hall–Kier alpha value is -2.75. The number of allylic oxidation sites excluding steroid dienone is 2. The molecule has 1 saturated heterocycles. The molecule has 0 unspecified atom stereocenters. The Balaban J connectivity index is 1.63. The van der Waals surface area contributed by atoms with Crippen molar-refractivity contribution in [1.29, 1.82) is 0 Å². The zero-order valence-corrected chi connectivity index (χ0v) is 16.8. The minimum Gasteiger partial charge on any atom is -0.405 e. The number of likely N-dealkylation sites (tertiary alicyclic amines) is 1. The second-order valence-electron chi connectivity index (χ2n) is 7.61. The smallest absolute Gasteiger partial charge is 0.131 e. The summed E-state index contributed by atoms with van der Waals surface area (Å²) in [6, 6.07) is 8.90. The molecule has 0 bridgehead atoms. The second kappa shape index (κ2) is 8.09. The van der Waals surface area contributed by atoms with Gasteiger partial charge in [0.25, 0.3) is 0 Å². The van der Waals surface area contributed by atoms with Crippen molar-refractivity contribution in [2.45, 2.75) is 26.2 Å². The molecule has 1 fully saturated rings. The third kappa shape index (κ3) is 3.39. The van der Waals surface area contributed by atoms with Crippen LogP contribution in [0.1, 0.15) is 30.9 Å². The monoisotopic (exact) mass is 374 g/mol. The van der Waals surface area contributed by atoms with Crippen molar-refractivity contribution >= 4 is 11.4 Å². The van der Waals surface area contributed by atoms with E-state index in [1.807, 2.05) is 13.0 Å². The van der Waals surface area contributed by atoms with E-state index < -0.39 is 0 Å². The quantitative estimate of drug-likeness (QED) is 0.820. The minimum atomic E-state index is 0.924. The van der Waals surface area contributed by atoms with Gasteiger partial charge in [-0.3, -0.25) is 4.99 Å². The van der Waals surface area contributed by atoms with Crippen LogP contribution in [-0.2, 0) is 6.42 Å². The van der Waals surface area contributed by atoms with Crippen molar-refractivity contribution in [3.8, 4) is 0 Å². The maximum Gasteiger partial charge on any atom is 0.131 e. The Morgan fingerprint density at radius 3 is 2.64 bits per heavy atom. The molecule has 1 aromatic carbocycles. The third-order valence-corrected chi connectivity index (χ3v) is 6.11. The fourth-order valence-electron chi connectivity index (χ4n) is 4.59. The van der Waals surface area contributed by atoms with Gasteiger partial charge in [0.1, 0.15) is 5.84 Å². The number of hydrogen-bond acceptors (Lipinski definition) is 4. The molecule has 4 heteroatoms. The summed E-state index contributed by atoms with van der Waals surface area (Å²) in [4.78, 5) is 9.78. The van der Waals surface area contributed by atoms with E-state index in [1.54, 1.807) is 11.8 Å². The summed E-state index contributed by atoms with van der Waals surface area (Å²) in [5, 5.41) is 0. The lowest BCUT2D eigenvalue weighted by Crippen LogP contribution is -2.33. The summed E-state index contributed by atoms with van der Waals surface area (Å²) in [6.45, 7) is 11.4. The molecule has 3 aliphatic heterocycles. The molecular weight excluding hydrogens is 344 g/mol. The van der Waals surface area contributed by atoms with Crippen molar-refractivity contribution in [3.05, 3.63) is 77.2 Å². The van der Waals surface area contributed by atoms with Crippen LogP contribution in [0.15, 0.2) is 71.0 Å². The largest absolute Gasteiger partial charge is 0.405 e. The number of benzene rings is 1. The number of aliphatic imine (C=N–C) groups is 1. The second-order valence-corrected chi connectivity index (χ2v) is 7.61. The van der Waals surface area contributed by atoms with E-state index in [-0.39, 0.29) is 0 Å². The first-order valence-corrected chi connectivity index (χ1v) is 10.3. The van der Waals surface area contributed by atoms with E-state index in [2.05, 4.69) is 46.7 Å². The van der Waals surface area contributed by atoms with Gasteiger partial charge in [0.2, 0.25) is 0 Å². The SMILES string of the molecule is C=C(C(/C=C\N)=C/C)N1CCC(=C2C3=NCCN3CCc3ccccc32)CC1. The van der Waals surface area contributed by atoms with Gasteiger partial charge >= 0.3 is 0 Å². The predicted octanol–water partition coefficient (Wildman–Crippen LogP) is 3.74. The number of nitrogens with two attached hydrogens (primary N) is 1. The van der Waals surface area contributed by atoms with Gasteiger partial charge in [0, 0.05) is 37.4 Å². The lowest BCUT2D eigenvalue weighted by molar-refractivity contribution is 0.330. The van der Waals surface area contributed by atoms with Gasteiger partial charge in [-0.1, -0.05) is 42.5 Å². The van der Waals surface area contributed by atoms with Crippen molar-refractivity contribution in [1.82, 2.24) is 9.80 Å². The molecule has 0 spiro atoms. The zero-order chi connectivity index (χ0) is 19.5. The zero-order valence-electron chi connectivity index (χ0n) is 16.8. The maximum atomic E-state index is 5.60. The number of fused-ring (bicyclic) bond motifs is 2. The summed E-state index contributed by atoms with van der Waals surface area (Å²) in [5.41, 5.74) is 13.6. The topological polar surface area (TPSA) is 44.9 Å².